The zero-order chi connectivity index (χ0) is 55.3. The van der Waals surface area contributed by atoms with E-state index in [2.05, 4.69) is 92.1 Å². The highest BCUT2D eigenvalue weighted by molar-refractivity contribution is 5.76. The SMILES string of the molecule is CC/C=C\C/C=C\C/C=C\C/C=C\C/C=C\CCCCCCCCCC(=O)NC(COC1OC(CO)C(OC2OC(CO)C(O)C(O)C2O)C(O)C1O)C(O)/C=C/CC/C=C/CCCCCCCCCCCCCCC. The second kappa shape index (κ2) is 47.0. The number of aliphatic hydroxyl groups excluding tert-OH is 8. The van der Waals surface area contributed by atoms with Crippen LogP contribution in [-0.2, 0) is 23.7 Å². The van der Waals surface area contributed by atoms with Crippen molar-refractivity contribution in [3.05, 3.63) is 85.1 Å². The van der Waals surface area contributed by atoms with E-state index < -0.39 is 86.8 Å². The Morgan fingerprint density at radius 2 is 0.921 bits per heavy atom. The standard InChI is InChI=1S/C62H107NO13/c1-3-5-7-9-11-13-15-17-19-21-23-24-25-26-28-30-32-34-36-38-40-42-44-46-54(67)63-50(51(66)45-43-41-39-37-35-33-31-29-27-22-20-18-16-14-12-10-8-6-4-2)49-73-61-59(72)57(70)60(53(48-65)75-61)76-62-58(71)56(69)55(68)52(47-64)74-62/h5,7,11,13,17,19,23-24,26,28,35,37,43,45,50-53,55-62,64-66,68-72H,3-4,6,8-10,12,14-16,18,20-22,25,27,29-34,36,38-42,44,46-49H2,1-2H3,(H,63,67)/b7-5-,13-11-,19-17-,24-23-,28-26-,37-35+,45-43+. The highest BCUT2D eigenvalue weighted by Crippen LogP contribution is 2.30. The molecule has 2 heterocycles. The van der Waals surface area contributed by atoms with Gasteiger partial charge in [-0.1, -0.05) is 208 Å². The molecule has 2 saturated heterocycles. The number of rotatable bonds is 46. The Balaban J connectivity index is 1.79. The Hall–Kier alpha value is -2.83. The molecule has 0 bridgehead atoms. The van der Waals surface area contributed by atoms with Gasteiger partial charge in [-0.2, -0.15) is 0 Å². The third-order valence-electron chi connectivity index (χ3n) is 14.1. The molecule has 0 aromatic heterocycles. The third kappa shape index (κ3) is 32.3. The minimum absolute atomic E-state index is 0.256. The van der Waals surface area contributed by atoms with Crippen molar-refractivity contribution in [2.75, 3.05) is 19.8 Å². The first-order valence-electron chi connectivity index (χ1n) is 29.8. The second-order valence-corrected chi connectivity index (χ2v) is 20.7. The summed E-state index contributed by atoms with van der Waals surface area (Å²) in [5.41, 5.74) is 0. The number of unbranched alkanes of at least 4 members (excludes halogenated alkanes) is 21. The van der Waals surface area contributed by atoms with E-state index in [-0.39, 0.29) is 18.9 Å². The first-order chi connectivity index (χ1) is 37.1. The number of hydrogen-bond donors (Lipinski definition) is 9. The van der Waals surface area contributed by atoms with Gasteiger partial charge >= 0.3 is 0 Å². The summed E-state index contributed by atoms with van der Waals surface area (Å²) in [5.74, 6) is -0.263. The van der Waals surface area contributed by atoms with Crippen LogP contribution in [-0.4, -0.2) is 140 Å². The number of ether oxygens (including phenoxy) is 4. The van der Waals surface area contributed by atoms with Gasteiger partial charge in [0.05, 0.1) is 32.0 Å². The van der Waals surface area contributed by atoms with Crippen molar-refractivity contribution in [1.29, 1.82) is 0 Å². The van der Waals surface area contributed by atoms with Crippen LogP contribution in [0.1, 0.15) is 206 Å². The fourth-order valence-electron chi connectivity index (χ4n) is 9.27. The minimum atomic E-state index is -1.80. The van der Waals surface area contributed by atoms with E-state index in [0.717, 1.165) is 83.5 Å². The quantitative estimate of drug-likeness (QED) is 0.0205. The molecule has 0 aliphatic carbocycles. The van der Waals surface area contributed by atoms with Gasteiger partial charge in [0.1, 0.15) is 48.8 Å². The highest BCUT2D eigenvalue weighted by atomic mass is 16.7. The topological polar surface area (TPSA) is 228 Å². The van der Waals surface area contributed by atoms with E-state index in [9.17, 15) is 45.6 Å². The van der Waals surface area contributed by atoms with Crippen LogP contribution in [0, 0.1) is 0 Å². The van der Waals surface area contributed by atoms with E-state index in [4.69, 9.17) is 18.9 Å². The van der Waals surface area contributed by atoms with E-state index in [1.165, 1.54) is 89.9 Å². The molecule has 14 heteroatoms. The molecule has 0 aromatic carbocycles. The molecule has 1 amide bonds. The summed E-state index contributed by atoms with van der Waals surface area (Å²) >= 11 is 0. The van der Waals surface area contributed by atoms with Gasteiger partial charge in [-0.05, 0) is 77.0 Å². The number of carbonyl (C=O) groups excluding carboxylic acids is 1. The van der Waals surface area contributed by atoms with Crippen molar-refractivity contribution in [2.45, 2.75) is 280 Å². The van der Waals surface area contributed by atoms with Crippen LogP contribution >= 0.6 is 0 Å². The molecule has 0 radical (unpaired) electrons. The number of aliphatic hydroxyl groups is 8. The molecule has 0 aromatic rings. The maximum atomic E-state index is 13.3. The first-order valence-corrected chi connectivity index (χ1v) is 29.8. The van der Waals surface area contributed by atoms with Gasteiger partial charge in [-0.15, -0.1) is 0 Å². The zero-order valence-corrected chi connectivity index (χ0v) is 47.0. The molecule has 2 rings (SSSR count). The fourth-order valence-corrected chi connectivity index (χ4v) is 9.27. The van der Waals surface area contributed by atoms with Gasteiger partial charge in [0.15, 0.2) is 12.6 Å². The summed E-state index contributed by atoms with van der Waals surface area (Å²) in [6.45, 7) is 2.65. The Kier molecular flexibility index (Phi) is 42.9. The van der Waals surface area contributed by atoms with Crippen LogP contribution in [0.3, 0.4) is 0 Å². The predicted octanol–water partition coefficient (Wildman–Crippen LogP) is 10.1. The summed E-state index contributed by atoms with van der Waals surface area (Å²) in [4.78, 5) is 13.3. The Bertz CT molecular complexity index is 1600. The molecule has 12 atom stereocenters. The average Bonchev–Trinajstić information content (AvgIpc) is 3.42. The lowest BCUT2D eigenvalue weighted by atomic mass is 9.97. The summed E-state index contributed by atoms with van der Waals surface area (Å²) in [6.07, 6.45) is 46.1. The highest BCUT2D eigenvalue weighted by Gasteiger charge is 2.51. The Morgan fingerprint density at radius 1 is 0.487 bits per heavy atom. The van der Waals surface area contributed by atoms with Crippen LogP contribution in [0.4, 0.5) is 0 Å². The van der Waals surface area contributed by atoms with Crippen molar-refractivity contribution in [1.82, 2.24) is 5.32 Å². The summed E-state index contributed by atoms with van der Waals surface area (Å²) in [6, 6.07) is -0.943. The second-order valence-electron chi connectivity index (χ2n) is 20.7. The third-order valence-corrected chi connectivity index (χ3v) is 14.1. The lowest BCUT2D eigenvalue weighted by Crippen LogP contribution is -2.65. The summed E-state index contributed by atoms with van der Waals surface area (Å²) in [7, 11) is 0. The monoisotopic (exact) mass is 1070 g/mol. The lowest BCUT2D eigenvalue weighted by Gasteiger charge is -2.46. The number of carbonyl (C=O) groups is 1. The number of amides is 1. The Labute approximate surface area is 459 Å². The molecule has 0 saturated carbocycles. The van der Waals surface area contributed by atoms with Gasteiger partial charge in [-0.3, -0.25) is 4.79 Å². The van der Waals surface area contributed by atoms with E-state index in [1.54, 1.807) is 6.08 Å². The summed E-state index contributed by atoms with van der Waals surface area (Å²) < 4.78 is 22.8. The fraction of sp³-hybridized carbons (Fsp3) is 0.758. The van der Waals surface area contributed by atoms with Gasteiger partial charge < -0.3 is 65.1 Å². The van der Waals surface area contributed by atoms with Crippen molar-refractivity contribution in [3.63, 3.8) is 0 Å². The molecule has 2 aliphatic rings. The largest absolute Gasteiger partial charge is 0.394 e. The predicted molar refractivity (Wildman–Crippen MR) is 304 cm³/mol. The maximum Gasteiger partial charge on any atom is 0.220 e. The first kappa shape index (κ1) is 69.3. The molecule has 0 spiro atoms. The maximum absolute atomic E-state index is 13.3. The Morgan fingerprint density at radius 3 is 1.45 bits per heavy atom. The smallest absolute Gasteiger partial charge is 0.220 e. The van der Waals surface area contributed by atoms with Crippen molar-refractivity contribution < 1.29 is 64.6 Å². The number of hydrogen-bond acceptors (Lipinski definition) is 13. The van der Waals surface area contributed by atoms with Gasteiger partial charge in [0.25, 0.3) is 0 Å². The normalized spacial score (nSPS) is 25.5. The van der Waals surface area contributed by atoms with Gasteiger partial charge in [0.2, 0.25) is 5.91 Å². The minimum Gasteiger partial charge on any atom is -0.394 e. The van der Waals surface area contributed by atoms with Crippen LogP contribution < -0.4 is 5.32 Å². The van der Waals surface area contributed by atoms with Crippen LogP contribution in [0.15, 0.2) is 85.1 Å². The molecule has 2 fully saturated rings. The molecule has 9 N–H and O–H groups in total. The lowest BCUT2D eigenvalue weighted by molar-refractivity contribution is -0.359. The van der Waals surface area contributed by atoms with Crippen molar-refractivity contribution in [2.24, 2.45) is 0 Å². The number of nitrogens with one attached hydrogen (secondary N) is 1. The van der Waals surface area contributed by atoms with E-state index in [1.807, 2.05) is 6.08 Å². The molecule has 76 heavy (non-hydrogen) atoms. The van der Waals surface area contributed by atoms with Crippen LogP contribution in [0.25, 0.3) is 0 Å². The van der Waals surface area contributed by atoms with Crippen molar-refractivity contribution >= 4 is 5.91 Å². The van der Waals surface area contributed by atoms with E-state index in [0.29, 0.717) is 12.8 Å². The average molecular weight is 1070 g/mol. The van der Waals surface area contributed by atoms with Gasteiger partial charge in [0, 0.05) is 6.42 Å². The van der Waals surface area contributed by atoms with Crippen LogP contribution in [0.5, 0.6) is 0 Å². The van der Waals surface area contributed by atoms with Crippen molar-refractivity contribution in [3.8, 4) is 0 Å². The molecule has 14 nitrogen and oxygen atoms in total. The molecule has 12 unspecified atom stereocenters. The van der Waals surface area contributed by atoms with E-state index >= 15 is 0 Å². The summed E-state index contributed by atoms with van der Waals surface area (Å²) in [5, 5.41) is 87.1. The molecular weight excluding hydrogens is 967 g/mol. The zero-order valence-electron chi connectivity index (χ0n) is 47.0. The molecule has 438 valence electrons. The molecule has 2 aliphatic heterocycles. The molecular formula is C62H107NO13. The van der Waals surface area contributed by atoms with Gasteiger partial charge in [-0.25, -0.2) is 0 Å². The van der Waals surface area contributed by atoms with Crippen LogP contribution in [0.2, 0.25) is 0 Å². The number of allylic oxidation sites excluding steroid dienone is 13.